The molecular formula is C10H11NO2S. The summed E-state index contributed by atoms with van der Waals surface area (Å²) in [7, 11) is 1.64. The summed E-state index contributed by atoms with van der Waals surface area (Å²) >= 11 is 1.56. The van der Waals surface area contributed by atoms with Gasteiger partial charge in [-0.15, -0.1) is 11.8 Å². The van der Waals surface area contributed by atoms with Crippen molar-refractivity contribution >= 4 is 23.4 Å². The third-order valence-electron chi connectivity index (χ3n) is 2.12. The van der Waals surface area contributed by atoms with Crippen molar-refractivity contribution in [3.63, 3.8) is 0 Å². The third kappa shape index (κ3) is 1.57. The predicted octanol–water partition coefficient (Wildman–Crippen LogP) is 2.13. The lowest BCUT2D eigenvalue weighted by atomic mass is 10.3. The molecule has 14 heavy (non-hydrogen) atoms. The highest BCUT2D eigenvalue weighted by molar-refractivity contribution is 8.00. The van der Waals surface area contributed by atoms with Gasteiger partial charge in [0, 0.05) is 4.90 Å². The van der Waals surface area contributed by atoms with Crippen LogP contribution in [-0.2, 0) is 4.79 Å². The number of nitrogens with one attached hydrogen (secondary N) is 1. The van der Waals surface area contributed by atoms with E-state index in [4.69, 9.17) is 4.74 Å². The molecule has 1 aliphatic rings. The van der Waals surface area contributed by atoms with Crippen molar-refractivity contribution in [3.8, 4) is 5.75 Å². The van der Waals surface area contributed by atoms with Crippen LogP contribution in [0.15, 0.2) is 23.1 Å². The lowest BCUT2D eigenvalue weighted by molar-refractivity contribution is -0.115. The molecular weight excluding hydrogens is 198 g/mol. The average molecular weight is 209 g/mol. The minimum absolute atomic E-state index is 0.0328. The van der Waals surface area contributed by atoms with Crippen molar-refractivity contribution in [2.24, 2.45) is 0 Å². The third-order valence-corrected chi connectivity index (χ3v) is 3.28. The Bertz CT molecular complexity index is 378. The van der Waals surface area contributed by atoms with Crippen LogP contribution >= 0.6 is 11.8 Å². The fourth-order valence-corrected chi connectivity index (χ4v) is 2.29. The normalized spacial score (nSPS) is 19.9. The van der Waals surface area contributed by atoms with E-state index in [1.165, 1.54) is 0 Å². The van der Waals surface area contributed by atoms with Crippen molar-refractivity contribution in [2.45, 2.75) is 17.1 Å². The largest absolute Gasteiger partial charge is 0.497 e. The van der Waals surface area contributed by atoms with Crippen LogP contribution in [0.3, 0.4) is 0 Å². The fourth-order valence-electron chi connectivity index (χ4n) is 1.31. The Balaban J connectivity index is 2.37. The molecule has 1 amide bonds. The van der Waals surface area contributed by atoms with E-state index in [0.717, 1.165) is 16.3 Å². The number of anilines is 1. The Hall–Kier alpha value is -1.16. The molecule has 0 bridgehead atoms. The minimum Gasteiger partial charge on any atom is -0.497 e. The van der Waals surface area contributed by atoms with Crippen LogP contribution in [-0.4, -0.2) is 18.3 Å². The number of amides is 1. The van der Waals surface area contributed by atoms with Gasteiger partial charge in [0.2, 0.25) is 5.91 Å². The van der Waals surface area contributed by atoms with Gasteiger partial charge in [0.15, 0.2) is 0 Å². The second-order valence-electron chi connectivity index (χ2n) is 3.11. The SMILES string of the molecule is COc1ccc2c(c1)SC(C)C(=O)N2. The molecule has 1 aliphatic heterocycles. The molecule has 1 unspecified atom stereocenters. The summed E-state index contributed by atoms with van der Waals surface area (Å²) < 4.78 is 5.12. The molecule has 2 rings (SSSR count). The molecule has 74 valence electrons. The van der Waals surface area contributed by atoms with Gasteiger partial charge >= 0.3 is 0 Å². The topological polar surface area (TPSA) is 38.3 Å². The number of thioether (sulfide) groups is 1. The number of carbonyl (C=O) groups excluding carboxylic acids is 1. The summed E-state index contributed by atoms with van der Waals surface area (Å²) in [5.74, 6) is 0.882. The molecule has 1 atom stereocenters. The molecule has 1 heterocycles. The van der Waals surface area contributed by atoms with E-state index in [2.05, 4.69) is 5.32 Å². The zero-order valence-electron chi connectivity index (χ0n) is 8.03. The van der Waals surface area contributed by atoms with Crippen LogP contribution < -0.4 is 10.1 Å². The molecule has 1 N–H and O–H groups in total. The zero-order chi connectivity index (χ0) is 10.1. The van der Waals surface area contributed by atoms with E-state index in [0.29, 0.717) is 0 Å². The van der Waals surface area contributed by atoms with Gasteiger partial charge in [-0.1, -0.05) is 0 Å². The molecule has 0 aliphatic carbocycles. The summed E-state index contributed by atoms with van der Waals surface area (Å²) in [6, 6.07) is 5.65. The van der Waals surface area contributed by atoms with E-state index < -0.39 is 0 Å². The van der Waals surface area contributed by atoms with Gasteiger partial charge in [-0.2, -0.15) is 0 Å². The first-order chi connectivity index (χ1) is 6.70. The van der Waals surface area contributed by atoms with Gasteiger partial charge in [0.05, 0.1) is 18.0 Å². The van der Waals surface area contributed by atoms with Crippen molar-refractivity contribution in [3.05, 3.63) is 18.2 Å². The second-order valence-corrected chi connectivity index (χ2v) is 4.49. The summed E-state index contributed by atoms with van der Waals surface area (Å²) in [5, 5.41) is 2.81. The number of ether oxygens (including phenoxy) is 1. The van der Waals surface area contributed by atoms with E-state index in [9.17, 15) is 4.79 Å². The first-order valence-electron chi connectivity index (χ1n) is 4.36. The quantitative estimate of drug-likeness (QED) is 0.770. The minimum atomic E-state index is -0.0328. The number of benzene rings is 1. The maximum Gasteiger partial charge on any atom is 0.237 e. The Morgan fingerprint density at radius 2 is 2.29 bits per heavy atom. The second kappa shape index (κ2) is 3.53. The van der Waals surface area contributed by atoms with Crippen molar-refractivity contribution < 1.29 is 9.53 Å². The van der Waals surface area contributed by atoms with Crippen LogP contribution in [0.1, 0.15) is 6.92 Å². The number of carbonyl (C=O) groups is 1. The summed E-state index contributed by atoms with van der Waals surface area (Å²) in [6.07, 6.45) is 0. The molecule has 1 aromatic carbocycles. The summed E-state index contributed by atoms with van der Waals surface area (Å²) in [6.45, 7) is 1.89. The lowest BCUT2D eigenvalue weighted by Gasteiger charge is -2.21. The van der Waals surface area contributed by atoms with Gasteiger partial charge in [-0.3, -0.25) is 4.79 Å². The molecule has 3 nitrogen and oxygen atoms in total. The fraction of sp³-hybridized carbons (Fsp3) is 0.300. The monoisotopic (exact) mass is 209 g/mol. The van der Waals surface area contributed by atoms with Crippen LogP contribution in [0.5, 0.6) is 5.75 Å². The van der Waals surface area contributed by atoms with E-state index in [1.54, 1.807) is 18.9 Å². The lowest BCUT2D eigenvalue weighted by Crippen LogP contribution is -2.26. The summed E-state index contributed by atoms with van der Waals surface area (Å²) in [5.41, 5.74) is 0.874. The van der Waals surface area contributed by atoms with Crippen molar-refractivity contribution in [1.82, 2.24) is 0 Å². The first kappa shape index (κ1) is 9.40. The molecule has 1 aromatic rings. The summed E-state index contributed by atoms with van der Waals surface area (Å²) in [4.78, 5) is 12.4. The van der Waals surface area contributed by atoms with Crippen molar-refractivity contribution in [1.29, 1.82) is 0 Å². The van der Waals surface area contributed by atoms with E-state index >= 15 is 0 Å². The number of fused-ring (bicyclic) bond motifs is 1. The molecule has 4 heteroatoms. The first-order valence-corrected chi connectivity index (χ1v) is 5.24. The number of hydrogen-bond acceptors (Lipinski definition) is 3. The number of methoxy groups -OCH3 is 1. The molecule has 0 saturated heterocycles. The molecule has 0 radical (unpaired) electrons. The predicted molar refractivity (Wildman–Crippen MR) is 56.9 cm³/mol. The Labute approximate surface area is 86.8 Å². The van der Waals surface area contributed by atoms with Crippen molar-refractivity contribution in [2.75, 3.05) is 12.4 Å². The smallest absolute Gasteiger partial charge is 0.237 e. The van der Waals surface area contributed by atoms with Gasteiger partial charge in [-0.05, 0) is 25.1 Å². The maximum atomic E-state index is 11.3. The molecule has 0 spiro atoms. The van der Waals surface area contributed by atoms with Crippen LogP contribution in [0.25, 0.3) is 0 Å². The number of rotatable bonds is 1. The maximum absolute atomic E-state index is 11.3. The standard InChI is InChI=1S/C10H11NO2S/c1-6-10(12)11-8-4-3-7(13-2)5-9(8)14-6/h3-6H,1-2H3,(H,11,12). The zero-order valence-corrected chi connectivity index (χ0v) is 8.85. The van der Waals surface area contributed by atoms with Crippen LogP contribution in [0.2, 0.25) is 0 Å². The van der Waals surface area contributed by atoms with Gasteiger partial charge in [-0.25, -0.2) is 0 Å². The van der Waals surface area contributed by atoms with E-state index in [1.807, 2.05) is 25.1 Å². The molecule has 0 aromatic heterocycles. The Morgan fingerprint density at radius 3 is 3.00 bits per heavy atom. The highest BCUT2D eigenvalue weighted by Crippen LogP contribution is 2.37. The van der Waals surface area contributed by atoms with Gasteiger partial charge in [0.25, 0.3) is 0 Å². The number of hydrogen-bond donors (Lipinski definition) is 1. The van der Waals surface area contributed by atoms with Gasteiger partial charge in [0.1, 0.15) is 5.75 Å². The van der Waals surface area contributed by atoms with Gasteiger partial charge < -0.3 is 10.1 Å². The molecule has 0 saturated carbocycles. The highest BCUT2D eigenvalue weighted by atomic mass is 32.2. The molecule has 0 fully saturated rings. The Kier molecular flexibility index (Phi) is 2.37. The van der Waals surface area contributed by atoms with E-state index in [-0.39, 0.29) is 11.2 Å². The van der Waals surface area contributed by atoms with Crippen LogP contribution in [0.4, 0.5) is 5.69 Å². The average Bonchev–Trinajstić information content (AvgIpc) is 2.19. The highest BCUT2D eigenvalue weighted by Gasteiger charge is 2.22. The van der Waals surface area contributed by atoms with Crippen LogP contribution in [0, 0.1) is 0 Å². The Morgan fingerprint density at radius 1 is 1.50 bits per heavy atom.